The van der Waals surface area contributed by atoms with Crippen molar-refractivity contribution in [3.63, 3.8) is 0 Å². The summed E-state index contributed by atoms with van der Waals surface area (Å²) < 4.78 is 8.46. The molecule has 0 radical (unpaired) electrons. The summed E-state index contributed by atoms with van der Waals surface area (Å²) in [5.41, 5.74) is 0.881. The molecule has 130 valence electrons. The van der Waals surface area contributed by atoms with Crippen LogP contribution in [0.3, 0.4) is 0 Å². The second-order valence-corrected chi connectivity index (χ2v) is 8.80. The van der Waals surface area contributed by atoms with Crippen LogP contribution in [-0.4, -0.2) is 9.97 Å². The number of thiazole rings is 2. The number of fused-ring (bicyclic) bond motifs is 1. The molecule has 0 bridgehead atoms. The monoisotopic (exact) mass is 380 g/mol. The van der Waals surface area contributed by atoms with Gasteiger partial charge >= 0.3 is 0 Å². The number of aromatic amines is 1. The molecule has 0 spiro atoms. The molecule has 1 aliphatic rings. The third-order valence-electron chi connectivity index (χ3n) is 4.64. The van der Waals surface area contributed by atoms with Crippen LogP contribution in [0.5, 0.6) is 0 Å². The van der Waals surface area contributed by atoms with Crippen LogP contribution < -0.4 is 14.8 Å². The number of aromatic nitrogens is 2. The molecule has 4 aromatic rings. The number of hydrogen-bond donors (Lipinski definition) is 1. The van der Waals surface area contributed by atoms with Crippen LogP contribution in [0, 0.1) is 5.92 Å². The van der Waals surface area contributed by atoms with Gasteiger partial charge in [-0.25, -0.2) is 4.98 Å². The Morgan fingerprint density at radius 3 is 2.85 bits per heavy atom. The first kappa shape index (κ1) is 15.8. The number of nitrogens with zero attached hydrogens (tertiary/aromatic N) is 1. The van der Waals surface area contributed by atoms with Crippen LogP contribution in [0.25, 0.3) is 22.4 Å². The predicted molar refractivity (Wildman–Crippen MR) is 106 cm³/mol. The summed E-state index contributed by atoms with van der Waals surface area (Å²) in [7, 11) is 0. The van der Waals surface area contributed by atoms with Gasteiger partial charge in [-0.2, -0.15) is 0 Å². The van der Waals surface area contributed by atoms with Crippen LogP contribution in [0.15, 0.2) is 45.6 Å². The molecule has 1 N–H and O–H groups in total. The van der Waals surface area contributed by atoms with Gasteiger partial charge in [0.1, 0.15) is 16.5 Å². The van der Waals surface area contributed by atoms with Gasteiger partial charge in [-0.05, 0) is 36.6 Å². The van der Waals surface area contributed by atoms with Crippen molar-refractivity contribution in [3.8, 4) is 0 Å². The standard InChI is InChI=1S/C20H16N2O2S2/c1-11-8-13(11)15-7-6-12(24-15)9-17-20(23)22-19(26-17)10-18-21-14-4-2-3-5-16(14)25-18/h2-7,9-11,13H,8H2,1H3,(H,22,23)/b17-9-,19-10+/t11-,13-/m1/s1. The lowest BCUT2D eigenvalue weighted by molar-refractivity contribution is 0.497. The Morgan fingerprint density at radius 1 is 1.19 bits per heavy atom. The van der Waals surface area contributed by atoms with Crippen molar-refractivity contribution < 1.29 is 4.42 Å². The van der Waals surface area contributed by atoms with E-state index in [1.54, 1.807) is 11.3 Å². The molecule has 1 aromatic carbocycles. The number of hydrogen-bond acceptors (Lipinski definition) is 5. The van der Waals surface area contributed by atoms with Gasteiger partial charge in [-0.15, -0.1) is 22.7 Å². The van der Waals surface area contributed by atoms with Crippen molar-refractivity contribution in [3.05, 3.63) is 72.5 Å². The van der Waals surface area contributed by atoms with E-state index in [1.807, 2.05) is 42.5 Å². The zero-order valence-electron chi connectivity index (χ0n) is 14.1. The normalized spacial score (nSPS) is 21.0. The average Bonchev–Trinajstić information content (AvgIpc) is 2.99. The highest BCUT2D eigenvalue weighted by atomic mass is 32.1. The van der Waals surface area contributed by atoms with Crippen molar-refractivity contribution in [2.24, 2.45) is 5.92 Å². The van der Waals surface area contributed by atoms with E-state index in [4.69, 9.17) is 4.42 Å². The van der Waals surface area contributed by atoms with Crippen LogP contribution in [0.4, 0.5) is 0 Å². The molecule has 5 rings (SSSR count). The second-order valence-electron chi connectivity index (χ2n) is 6.65. The Kier molecular flexibility index (Phi) is 3.69. The number of nitrogens with one attached hydrogen (secondary N) is 1. The molecule has 3 aromatic heterocycles. The number of furan rings is 1. The Hall–Kier alpha value is -2.44. The van der Waals surface area contributed by atoms with Crippen molar-refractivity contribution >= 4 is 45.0 Å². The molecule has 26 heavy (non-hydrogen) atoms. The number of benzene rings is 1. The molecule has 1 saturated carbocycles. The molecule has 0 amide bonds. The lowest BCUT2D eigenvalue weighted by Gasteiger charge is -1.89. The first-order valence-corrected chi connectivity index (χ1v) is 10.2. The highest BCUT2D eigenvalue weighted by Gasteiger charge is 2.36. The smallest absolute Gasteiger partial charge is 0.266 e. The molecular formula is C20H16N2O2S2. The molecule has 2 atom stereocenters. The fourth-order valence-electron chi connectivity index (χ4n) is 3.08. The van der Waals surface area contributed by atoms with E-state index in [1.165, 1.54) is 17.8 Å². The van der Waals surface area contributed by atoms with Crippen molar-refractivity contribution in [1.29, 1.82) is 0 Å². The minimum Gasteiger partial charge on any atom is -0.461 e. The van der Waals surface area contributed by atoms with E-state index >= 15 is 0 Å². The van der Waals surface area contributed by atoms with Gasteiger partial charge in [0.15, 0.2) is 0 Å². The van der Waals surface area contributed by atoms with Gasteiger partial charge in [0.05, 0.1) is 19.4 Å². The molecular weight excluding hydrogens is 364 g/mol. The molecule has 0 aliphatic heterocycles. The summed E-state index contributed by atoms with van der Waals surface area (Å²) >= 11 is 3.03. The summed E-state index contributed by atoms with van der Waals surface area (Å²) in [6, 6.07) is 12.0. The topological polar surface area (TPSA) is 58.9 Å². The Balaban J connectivity index is 1.51. The van der Waals surface area contributed by atoms with Gasteiger partial charge in [0.2, 0.25) is 0 Å². The highest BCUT2D eigenvalue weighted by Crippen LogP contribution is 2.47. The lowest BCUT2D eigenvalue weighted by atomic mass is 10.3. The van der Waals surface area contributed by atoms with E-state index in [9.17, 15) is 4.79 Å². The number of para-hydroxylation sites is 1. The maximum absolute atomic E-state index is 12.3. The summed E-state index contributed by atoms with van der Waals surface area (Å²) in [5, 5.41) is 0.887. The summed E-state index contributed by atoms with van der Waals surface area (Å²) in [6.07, 6.45) is 4.93. The fraction of sp³-hybridized carbons (Fsp3) is 0.200. The predicted octanol–water partition coefficient (Wildman–Crippen LogP) is 3.42. The van der Waals surface area contributed by atoms with E-state index in [-0.39, 0.29) is 5.56 Å². The van der Waals surface area contributed by atoms with Crippen molar-refractivity contribution in [2.45, 2.75) is 19.3 Å². The van der Waals surface area contributed by atoms with E-state index in [0.29, 0.717) is 16.4 Å². The zero-order chi connectivity index (χ0) is 17.7. The van der Waals surface area contributed by atoms with Crippen molar-refractivity contribution in [1.82, 2.24) is 9.97 Å². The van der Waals surface area contributed by atoms with E-state index in [2.05, 4.69) is 23.0 Å². The van der Waals surface area contributed by atoms with Crippen LogP contribution >= 0.6 is 22.7 Å². The second kappa shape index (κ2) is 6.07. The SMILES string of the molecule is C[C@@H]1C[C@H]1c1ccc(/C=c2\s/c(=C/c3nc4ccccc4s3)[nH]c2=O)o1. The largest absolute Gasteiger partial charge is 0.461 e. The van der Waals surface area contributed by atoms with Gasteiger partial charge in [0.25, 0.3) is 5.56 Å². The first-order chi connectivity index (χ1) is 12.7. The van der Waals surface area contributed by atoms with Gasteiger partial charge in [-0.3, -0.25) is 4.79 Å². The summed E-state index contributed by atoms with van der Waals surface area (Å²) in [6.45, 7) is 2.23. The Labute approximate surface area is 157 Å². The summed E-state index contributed by atoms with van der Waals surface area (Å²) in [4.78, 5) is 19.8. The van der Waals surface area contributed by atoms with E-state index in [0.717, 1.165) is 31.4 Å². The Bertz CT molecular complexity index is 1240. The maximum Gasteiger partial charge on any atom is 0.266 e. The zero-order valence-corrected chi connectivity index (χ0v) is 15.7. The average molecular weight is 380 g/mol. The van der Waals surface area contributed by atoms with Crippen molar-refractivity contribution in [2.75, 3.05) is 0 Å². The summed E-state index contributed by atoms with van der Waals surface area (Å²) in [5.74, 6) is 3.01. The van der Waals surface area contributed by atoms with Gasteiger partial charge < -0.3 is 9.40 Å². The highest BCUT2D eigenvalue weighted by molar-refractivity contribution is 7.19. The molecule has 0 saturated heterocycles. The third kappa shape index (κ3) is 2.95. The first-order valence-electron chi connectivity index (χ1n) is 8.53. The molecule has 6 heteroatoms. The molecule has 0 unspecified atom stereocenters. The molecule has 1 aliphatic carbocycles. The van der Waals surface area contributed by atoms with Gasteiger partial charge in [0, 0.05) is 18.1 Å². The lowest BCUT2D eigenvalue weighted by Crippen LogP contribution is -2.19. The number of H-pyrrole nitrogens is 1. The molecule has 3 heterocycles. The number of rotatable bonds is 3. The fourth-order valence-corrected chi connectivity index (χ4v) is 4.94. The molecule has 4 nitrogen and oxygen atoms in total. The quantitative estimate of drug-likeness (QED) is 0.592. The van der Waals surface area contributed by atoms with Crippen LogP contribution in [0.2, 0.25) is 0 Å². The molecule has 1 fully saturated rings. The minimum absolute atomic E-state index is 0.0971. The van der Waals surface area contributed by atoms with E-state index < -0.39 is 0 Å². The minimum atomic E-state index is -0.0971. The third-order valence-corrected chi connectivity index (χ3v) is 6.59. The maximum atomic E-state index is 12.3. The van der Waals surface area contributed by atoms with Crippen LogP contribution in [0.1, 0.15) is 35.8 Å². The van der Waals surface area contributed by atoms with Crippen LogP contribution in [-0.2, 0) is 0 Å². The van der Waals surface area contributed by atoms with Gasteiger partial charge in [-0.1, -0.05) is 19.1 Å². The Morgan fingerprint density at radius 2 is 2.04 bits per heavy atom.